The van der Waals surface area contributed by atoms with Crippen molar-refractivity contribution in [1.82, 2.24) is 24.5 Å². The van der Waals surface area contributed by atoms with E-state index in [1.807, 2.05) is 79.5 Å². The van der Waals surface area contributed by atoms with Gasteiger partial charge in [0.15, 0.2) is 0 Å². The first-order chi connectivity index (χ1) is 12.2. The van der Waals surface area contributed by atoms with Crippen LogP contribution in [-0.2, 0) is 7.05 Å². The van der Waals surface area contributed by atoms with Crippen molar-refractivity contribution in [2.24, 2.45) is 7.05 Å². The highest BCUT2D eigenvalue weighted by atomic mass is 15.0. The van der Waals surface area contributed by atoms with Gasteiger partial charge in [-0.1, -0.05) is 0 Å². The van der Waals surface area contributed by atoms with Crippen LogP contribution in [0.1, 0.15) is 17.2 Å². The Morgan fingerprint density at radius 1 is 0.920 bits per heavy atom. The van der Waals surface area contributed by atoms with E-state index in [4.69, 9.17) is 0 Å². The van der Waals surface area contributed by atoms with Crippen molar-refractivity contribution in [3.63, 3.8) is 0 Å². The first-order valence-corrected chi connectivity index (χ1v) is 8.05. The number of hydrogen-bond acceptors (Lipinski definition) is 4. The maximum Gasteiger partial charge on any atom is 0.133 e. The molecule has 0 aliphatic carbocycles. The smallest absolute Gasteiger partial charge is 0.133 e. The van der Waals surface area contributed by atoms with E-state index in [1.54, 1.807) is 6.20 Å². The van der Waals surface area contributed by atoms with Gasteiger partial charge in [-0.05, 0) is 55.5 Å². The van der Waals surface area contributed by atoms with E-state index >= 15 is 0 Å². The van der Waals surface area contributed by atoms with Crippen LogP contribution in [0.3, 0.4) is 0 Å². The van der Waals surface area contributed by atoms with Gasteiger partial charge in [-0.15, -0.1) is 0 Å². The van der Waals surface area contributed by atoms with E-state index < -0.39 is 0 Å². The standard InChI is InChI=1S/C20H17N5/c1-14-5-6-15(12-22-14)19-13-25(2)20(24-19)10-8-16-7-9-17-18(23-16)4-3-11-21-17/h3-13H,1-2H3. The molecule has 0 aromatic carbocycles. The summed E-state index contributed by atoms with van der Waals surface area (Å²) in [4.78, 5) is 17.9. The molecule has 0 aliphatic rings. The number of aryl methyl sites for hydroxylation is 2. The molecule has 4 aromatic heterocycles. The molecule has 25 heavy (non-hydrogen) atoms. The van der Waals surface area contributed by atoms with Crippen LogP contribution in [0, 0.1) is 6.92 Å². The second-order valence-electron chi connectivity index (χ2n) is 5.89. The van der Waals surface area contributed by atoms with E-state index in [2.05, 4.69) is 19.9 Å². The fourth-order valence-corrected chi connectivity index (χ4v) is 2.62. The van der Waals surface area contributed by atoms with E-state index in [1.165, 1.54) is 0 Å². The van der Waals surface area contributed by atoms with Gasteiger partial charge in [-0.3, -0.25) is 9.97 Å². The summed E-state index contributed by atoms with van der Waals surface area (Å²) >= 11 is 0. The monoisotopic (exact) mass is 327 g/mol. The SMILES string of the molecule is Cc1ccc(-c2cn(C)c(C=Cc3ccc4ncccc4n3)n2)cn1. The predicted octanol–water partition coefficient (Wildman–Crippen LogP) is 3.90. The van der Waals surface area contributed by atoms with Gasteiger partial charge in [-0.25, -0.2) is 9.97 Å². The van der Waals surface area contributed by atoms with Gasteiger partial charge in [0.2, 0.25) is 0 Å². The lowest BCUT2D eigenvalue weighted by Gasteiger charge is -1.98. The molecule has 4 rings (SSSR count). The van der Waals surface area contributed by atoms with Crippen LogP contribution in [0.4, 0.5) is 0 Å². The number of imidazole rings is 1. The number of rotatable bonds is 3. The van der Waals surface area contributed by atoms with E-state index in [0.29, 0.717) is 0 Å². The third-order valence-corrected chi connectivity index (χ3v) is 4.00. The minimum atomic E-state index is 0.864. The van der Waals surface area contributed by atoms with Crippen molar-refractivity contribution >= 4 is 23.2 Å². The average Bonchev–Trinajstić information content (AvgIpc) is 3.01. The van der Waals surface area contributed by atoms with Crippen LogP contribution in [0.5, 0.6) is 0 Å². The van der Waals surface area contributed by atoms with Gasteiger partial charge >= 0.3 is 0 Å². The van der Waals surface area contributed by atoms with Crippen molar-refractivity contribution < 1.29 is 0 Å². The molecule has 0 fully saturated rings. The zero-order valence-corrected chi connectivity index (χ0v) is 14.1. The van der Waals surface area contributed by atoms with Gasteiger partial charge in [0.05, 0.1) is 22.4 Å². The third-order valence-electron chi connectivity index (χ3n) is 4.00. The molecule has 0 aliphatic heterocycles. The highest BCUT2D eigenvalue weighted by Gasteiger charge is 2.05. The lowest BCUT2D eigenvalue weighted by Crippen LogP contribution is -1.89. The zero-order valence-electron chi connectivity index (χ0n) is 14.1. The fraction of sp³-hybridized carbons (Fsp3) is 0.100. The van der Waals surface area contributed by atoms with Gasteiger partial charge in [0, 0.05) is 36.9 Å². The second-order valence-corrected chi connectivity index (χ2v) is 5.89. The summed E-state index contributed by atoms with van der Waals surface area (Å²) in [5.74, 6) is 0.864. The van der Waals surface area contributed by atoms with Gasteiger partial charge < -0.3 is 4.57 Å². The van der Waals surface area contributed by atoms with Crippen molar-refractivity contribution in [2.45, 2.75) is 6.92 Å². The van der Waals surface area contributed by atoms with Crippen LogP contribution in [0.25, 0.3) is 34.4 Å². The lowest BCUT2D eigenvalue weighted by molar-refractivity contribution is 0.898. The molecular weight excluding hydrogens is 310 g/mol. The first kappa shape index (κ1) is 15.2. The predicted molar refractivity (Wildman–Crippen MR) is 99.6 cm³/mol. The third kappa shape index (κ3) is 3.17. The molecule has 5 heteroatoms. The number of aromatic nitrogens is 5. The van der Waals surface area contributed by atoms with Crippen LogP contribution in [0.15, 0.2) is 55.0 Å². The minimum Gasteiger partial charge on any atom is -0.334 e. The molecule has 0 bridgehead atoms. The molecule has 0 N–H and O–H groups in total. The summed E-state index contributed by atoms with van der Waals surface area (Å²) in [5, 5.41) is 0. The summed E-state index contributed by atoms with van der Waals surface area (Å²) < 4.78 is 1.99. The van der Waals surface area contributed by atoms with Crippen molar-refractivity contribution in [1.29, 1.82) is 0 Å². The van der Waals surface area contributed by atoms with Crippen LogP contribution < -0.4 is 0 Å². The Balaban J connectivity index is 1.63. The Kier molecular flexibility index (Phi) is 3.82. The zero-order chi connectivity index (χ0) is 17.2. The topological polar surface area (TPSA) is 56.5 Å². The molecule has 4 heterocycles. The summed E-state index contributed by atoms with van der Waals surface area (Å²) in [6.45, 7) is 1.97. The molecule has 0 amide bonds. The Bertz CT molecular complexity index is 1060. The Morgan fingerprint density at radius 2 is 1.84 bits per heavy atom. The first-order valence-electron chi connectivity index (χ1n) is 8.05. The molecule has 0 saturated carbocycles. The Morgan fingerprint density at radius 3 is 2.68 bits per heavy atom. The number of fused-ring (bicyclic) bond motifs is 1. The quantitative estimate of drug-likeness (QED) is 0.572. The van der Waals surface area contributed by atoms with E-state index in [9.17, 15) is 0 Å². The molecule has 122 valence electrons. The van der Waals surface area contributed by atoms with Crippen LogP contribution >= 0.6 is 0 Å². The molecule has 0 atom stereocenters. The van der Waals surface area contributed by atoms with Gasteiger partial charge in [0.1, 0.15) is 5.82 Å². The number of pyridine rings is 3. The van der Waals surface area contributed by atoms with Crippen LogP contribution in [0.2, 0.25) is 0 Å². The molecule has 0 saturated heterocycles. The van der Waals surface area contributed by atoms with E-state index in [0.717, 1.165) is 39.5 Å². The Hall–Kier alpha value is -3.34. The minimum absolute atomic E-state index is 0.864. The summed E-state index contributed by atoms with van der Waals surface area (Å²) in [6, 6.07) is 11.8. The van der Waals surface area contributed by atoms with Crippen molar-refractivity contribution in [3.05, 3.63) is 72.2 Å². The molecular formula is C20H17N5. The summed E-state index contributed by atoms with van der Waals surface area (Å²) in [6.07, 6.45) is 9.56. The maximum absolute atomic E-state index is 4.68. The van der Waals surface area contributed by atoms with Gasteiger partial charge in [0.25, 0.3) is 0 Å². The highest BCUT2D eigenvalue weighted by molar-refractivity contribution is 5.77. The number of hydrogen-bond donors (Lipinski definition) is 0. The second kappa shape index (κ2) is 6.28. The summed E-state index contributed by atoms with van der Waals surface area (Å²) in [5.41, 5.74) is 5.57. The summed E-state index contributed by atoms with van der Waals surface area (Å²) in [7, 11) is 1.98. The van der Waals surface area contributed by atoms with E-state index in [-0.39, 0.29) is 0 Å². The molecule has 0 unspecified atom stereocenters. The average molecular weight is 327 g/mol. The maximum atomic E-state index is 4.68. The molecule has 0 radical (unpaired) electrons. The number of nitrogens with zero attached hydrogens (tertiary/aromatic N) is 5. The highest BCUT2D eigenvalue weighted by Crippen LogP contribution is 2.19. The fourth-order valence-electron chi connectivity index (χ4n) is 2.62. The Labute approximate surface area is 145 Å². The lowest BCUT2D eigenvalue weighted by atomic mass is 10.2. The molecule has 4 aromatic rings. The van der Waals surface area contributed by atoms with Crippen molar-refractivity contribution in [2.75, 3.05) is 0 Å². The normalized spacial score (nSPS) is 11.4. The molecule has 5 nitrogen and oxygen atoms in total. The van der Waals surface area contributed by atoms with Crippen LogP contribution in [-0.4, -0.2) is 24.5 Å². The largest absolute Gasteiger partial charge is 0.334 e. The van der Waals surface area contributed by atoms with Gasteiger partial charge in [-0.2, -0.15) is 0 Å². The molecule has 0 spiro atoms. The van der Waals surface area contributed by atoms with Crippen molar-refractivity contribution in [3.8, 4) is 11.3 Å².